The molecular weight excluding hydrogens is 277 g/mol. The van der Waals surface area contributed by atoms with Gasteiger partial charge in [-0.05, 0) is 6.42 Å². The average molecular weight is 303 g/mol. The Balaban J connectivity index is 0. The average Bonchev–Trinajstić information content (AvgIpc) is 2.35. The van der Waals surface area contributed by atoms with Crippen LogP contribution >= 0.6 is 7.82 Å². The predicted molar refractivity (Wildman–Crippen MR) is 70.5 cm³/mol. The lowest BCUT2D eigenvalue weighted by Gasteiger charge is -2.07. The first-order chi connectivity index (χ1) is 8.87. The molecular formula is C10H26NO7P. The molecule has 0 amide bonds. The molecule has 0 aromatic heterocycles. The van der Waals surface area contributed by atoms with Gasteiger partial charge in [0.2, 0.25) is 0 Å². The van der Waals surface area contributed by atoms with E-state index in [-0.39, 0.29) is 26.4 Å². The number of aliphatic hydroxyl groups is 2. The molecule has 0 aliphatic rings. The minimum absolute atomic E-state index is 0.107. The van der Waals surface area contributed by atoms with Gasteiger partial charge < -0.3 is 30.5 Å². The number of unbranched alkanes of at least 4 members (excludes halogenated alkanes) is 2. The van der Waals surface area contributed by atoms with Crippen molar-refractivity contribution in [3.63, 3.8) is 0 Å². The van der Waals surface area contributed by atoms with E-state index in [1.54, 1.807) is 0 Å². The maximum atomic E-state index is 9.81. The van der Waals surface area contributed by atoms with Crippen LogP contribution in [-0.4, -0.2) is 59.1 Å². The van der Waals surface area contributed by atoms with Gasteiger partial charge in [0.1, 0.15) is 6.10 Å². The van der Waals surface area contributed by atoms with Crippen LogP contribution in [0.5, 0.6) is 0 Å². The smallest absolute Gasteiger partial charge is 0.394 e. The van der Waals surface area contributed by atoms with Crippen LogP contribution in [0, 0.1) is 0 Å². The Labute approximate surface area is 113 Å². The molecule has 0 spiro atoms. The highest BCUT2D eigenvalue weighted by atomic mass is 31.2. The summed E-state index contributed by atoms with van der Waals surface area (Å²) in [6.07, 6.45) is 2.66. The number of aliphatic hydroxyl groups excluding tert-OH is 2. The van der Waals surface area contributed by atoms with Gasteiger partial charge in [0.05, 0.1) is 19.8 Å². The minimum Gasteiger partial charge on any atom is -0.394 e. The molecule has 1 atom stereocenters. The van der Waals surface area contributed by atoms with Crippen molar-refractivity contribution < 1.29 is 33.8 Å². The molecule has 0 fully saturated rings. The predicted octanol–water partition coefficient (Wildman–Crippen LogP) is -0.399. The van der Waals surface area contributed by atoms with Gasteiger partial charge in [-0.1, -0.05) is 19.8 Å². The zero-order valence-corrected chi connectivity index (χ0v) is 12.2. The van der Waals surface area contributed by atoms with Crippen molar-refractivity contribution in [1.29, 1.82) is 0 Å². The molecule has 0 aliphatic heterocycles. The van der Waals surface area contributed by atoms with E-state index in [1.165, 1.54) is 6.42 Å². The van der Waals surface area contributed by atoms with Crippen molar-refractivity contribution in [2.45, 2.75) is 32.3 Å². The Morgan fingerprint density at radius 3 is 2.26 bits per heavy atom. The standard InChI is InChI=1S/C8H18O3.C2H8NO4P/c1-2-3-4-5-11-7-8(10)6-9;3-1-2-7-8(4,5)6/h8-10H,2-7H2,1H3;1-3H2,(H2,4,5,6)/t8-;/m0./s1. The molecule has 0 aliphatic carbocycles. The molecule has 0 radical (unpaired) electrons. The quantitative estimate of drug-likeness (QED) is 0.271. The van der Waals surface area contributed by atoms with Crippen LogP contribution in [0.25, 0.3) is 0 Å². The maximum absolute atomic E-state index is 9.81. The summed E-state index contributed by atoms with van der Waals surface area (Å²) in [6, 6.07) is 0. The first-order valence-corrected chi connectivity index (χ1v) is 7.67. The van der Waals surface area contributed by atoms with Gasteiger partial charge in [-0.25, -0.2) is 4.57 Å². The first kappa shape index (κ1) is 21.3. The van der Waals surface area contributed by atoms with E-state index in [2.05, 4.69) is 11.4 Å². The van der Waals surface area contributed by atoms with Crippen molar-refractivity contribution in [2.75, 3.05) is 33.0 Å². The van der Waals surface area contributed by atoms with E-state index in [9.17, 15) is 4.57 Å². The second-order valence-electron chi connectivity index (χ2n) is 3.73. The van der Waals surface area contributed by atoms with Crippen LogP contribution in [0.15, 0.2) is 0 Å². The van der Waals surface area contributed by atoms with E-state index in [0.29, 0.717) is 6.61 Å². The van der Waals surface area contributed by atoms with Crippen molar-refractivity contribution >= 4 is 7.82 Å². The molecule has 0 aromatic carbocycles. The van der Waals surface area contributed by atoms with Crippen LogP contribution in [0.2, 0.25) is 0 Å². The summed E-state index contributed by atoms with van der Waals surface area (Å²) >= 11 is 0. The highest BCUT2D eigenvalue weighted by Gasteiger charge is 2.11. The fraction of sp³-hybridized carbons (Fsp3) is 1.00. The maximum Gasteiger partial charge on any atom is 0.469 e. The van der Waals surface area contributed by atoms with Gasteiger partial charge in [-0.2, -0.15) is 0 Å². The van der Waals surface area contributed by atoms with Crippen LogP contribution in [0.4, 0.5) is 0 Å². The number of phosphoric acid groups is 1. The summed E-state index contributed by atoms with van der Waals surface area (Å²) in [5, 5.41) is 17.2. The third-order valence-electron chi connectivity index (χ3n) is 1.79. The summed E-state index contributed by atoms with van der Waals surface area (Å²) in [7, 11) is -4.26. The lowest BCUT2D eigenvalue weighted by atomic mass is 10.3. The molecule has 19 heavy (non-hydrogen) atoms. The Kier molecular flexibility index (Phi) is 16.1. The lowest BCUT2D eigenvalue weighted by molar-refractivity contribution is 0.00533. The monoisotopic (exact) mass is 303 g/mol. The Morgan fingerprint density at radius 2 is 1.89 bits per heavy atom. The zero-order valence-electron chi connectivity index (χ0n) is 11.3. The molecule has 0 bridgehead atoms. The van der Waals surface area contributed by atoms with Crippen LogP contribution < -0.4 is 5.73 Å². The number of phosphoric ester groups is 1. The molecule has 8 nitrogen and oxygen atoms in total. The van der Waals surface area contributed by atoms with Gasteiger partial charge in [-0.15, -0.1) is 0 Å². The second-order valence-corrected chi connectivity index (χ2v) is 4.97. The largest absolute Gasteiger partial charge is 0.469 e. The highest BCUT2D eigenvalue weighted by Crippen LogP contribution is 2.34. The normalized spacial score (nSPS) is 12.7. The van der Waals surface area contributed by atoms with E-state index in [0.717, 1.165) is 12.8 Å². The van der Waals surface area contributed by atoms with Gasteiger partial charge >= 0.3 is 7.82 Å². The van der Waals surface area contributed by atoms with Crippen molar-refractivity contribution in [3.05, 3.63) is 0 Å². The molecule has 0 heterocycles. The van der Waals surface area contributed by atoms with Gasteiger partial charge in [-0.3, -0.25) is 4.52 Å². The fourth-order valence-electron chi connectivity index (χ4n) is 0.898. The molecule has 0 unspecified atom stereocenters. The molecule has 0 rings (SSSR count). The topological polar surface area (TPSA) is 142 Å². The Hall–Kier alpha value is -0.0500. The minimum atomic E-state index is -4.26. The molecule has 0 aromatic rings. The number of rotatable bonds is 10. The summed E-state index contributed by atoms with van der Waals surface area (Å²) < 4.78 is 18.8. The Morgan fingerprint density at radius 1 is 1.26 bits per heavy atom. The summed E-state index contributed by atoms with van der Waals surface area (Å²) in [5.41, 5.74) is 4.87. The summed E-state index contributed by atoms with van der Waals surface area (Å²) in [6.45, 7) is 2.86. The number of hydrogen-bond acceptors (Lipinski definition) is 6. The van der Waals surface area contributed by atoms with E-state index in [4.69, 9.17) is 30.5 Å². The SMILES string of the molecule is CCCCCOC[C@@H](O)CO.NCCOP(=O)(O)O. The third kappa shape index (κ3) is 23.5. The third-order valence-corrected chi connectivity index (χ3v) is 2.31. The molecule has 118 valence electrons. The molecule has 0 saturated heterocycles. The van der Waals surface area contributed by atoms with E-state index >= 15 is 0 Å². The van der Waals surface area contributed by atoms with Crippen LogP contribution in [-0.2, 0) is 13.8 Å². The fourth-order valence-corrected chi connectivity index (χ4v) is 1.24. The van der Waals surface area contributed by atoms with Crippen molar-refractivity contribution in [1.82, 2.24) is 0 Å². The molecule has 9 heteroatoms. The van der Waals surface area contributed by atoms with Crippen LogP contribution in [0.3, 0.4) is 0 Å². The van der Waals surface area contributed by atoms with E-state index in [1.807, 2.05) is 0 Å². The molecule has 0 saturated carbocycles. The van der Waals surface area contributed by atoms with Gasteiger partial charge in [0.15, 0.2) is 0 Å². The molecule has 6 N–H and O–H groups in total. The van der Waals surface area contributed by atoms with Crippen molar-refractivity contribution in [3.8, 4) is 0 Å². The van der Waals surface area contributed by atoms with Gasteiger partial charge in [0, 0.05) is 13.2 Å². The summed E-state index contributed by atoms with van der Waals surface area (Å²) in [4.78, 5) is 16.0. The zero-order chi connectivity index (χ0) is 15.1. The lowest BCUT2D eigenvalue weighted by Crippen LogP contribution is -2.19. The highest BCUT2D eigenvalue weighted by molar-refractivity contribution is 7.46. The number of ether oxygens (including phenoxy) is 1. The summed E-state index contributed by atoms with van der Waals surface area (Å²) in [5.74, 6) is 0. The first-order valence-electron chi connectivity index (χ1n) is 6.14. The van der Waals surface area contributed by atoms with Crippen LogP contribution in [0.1, 0.15) is 26.2 Å². The Bertz CT molecular complexity index is 224. The van der Waals surface area contributed by atoms with Gasteiger partial charge in [0.25, 0.3) is 0 Å². The second kappa shape index (κ2) is 14.4. The number of hydrogen-bond donors (Lipinski definition) is 5. The van der Waals surface area contributed by atoms with E-state index < -0.39 is 13.9 Å². The van der Waals surface area contributed by atoms with Crippen molar-refractivity contribution in [2.24, 2.45) is 5.73 Å². The number of nitrogens with two attached hydrogens (primary N) is 1.